The van der Waals surface area contributed by atoms with Gasteiger partial charge in [-0.05, 0) is 25.2 Å². The van der Waals surface area contributed by atoms with E-state index in [9.17, 15) is 4.39 Å². The van der Waals surface area contributed by atoms with Crippen molar-refractivity contribution in [3.8, 4) is 0 Å². The van der Waals surface area contributed by atoms with Gasteiger partial charge in [-0.25, -0.2) is 4.39 Å². The van der Waals surface area contributed by atoms with E-state index >= 15 is 0 Å². The molecule has 116 valence electrons. The number of piperazine rings is 1. The summed E-state index contributed by atoms with van der Waals surface area (Å²) in [6.07, 6.45) is 8.46. The number of hydrogen-bond donors (Lipinski definition) is 0. The van der Waals surface area contributed by atoms with E-state index < -0.39 is 6.17 Å². The highest BCUT2D eigenvalue weighted by atomic mass is 19.1. The topological polar surface area (TPSA) is 6.48 Å². The number of fused-ring (bicyclic) bond motifs is 1. The maximum Gasteiger partial charge on any atom is 0.114 e. The second-order valence-electron chi connectivity index (χ2n) is 6.83. The van der Waals surface area contributed by atoms with Gasteiger partial charge in [0.1, 0.15) is 6.17 Å². The fourth-order valence-electron chi connectivity index (χ4n) is 3.63. The van der Waals surface area contributed by atoms with Crippen LogP contribution in [0.2, 0.25) is 0 Å². The molecule has 3 unspecified atom stereocenters. The Bertz CT molecular complexity index is 316. The minimum atomic E-state index is -0.592. The van der Waals surface area contributed by atoms with Crippen molar-refractivity contribution in [2.24, 2.45) is 5.92 Å². The third kappa shape index (κ3) is 4.29. The first kappa shape index (κ1) is 16.0. The molecule has 3 atom stereocenters. The van der Waals surface area contributed by atoms with Crippen molar-refractivity contribution in [3.63, 3.8) is 0 Å². The molecule has 0 aromatic heterocycles. The zero-order valence-corrected chi connectivity index (χ0v) is 13.4. The van der Waals surface area contributed by atoms with Crippen LogP contribution in [0.1, 0.15) is 46.5 Å². The molecule has 0 bridgehead atoms. The van der Waals surface area contributed by atoms with Crippen LogP contribution in [0.25, 0.3) is 0 Å². The van der Waals surface area contributed by atoms with Crippen LogP contribution in [0.15, 0.2) is 12.2 Å². The minimum absolute atomic E-state index is 0.465. The molecule has 0 radical (unpaired) electrons. The first-order chi connectivity index (χ1) is 9.60. The summed E-state index contributed by atoms with van der Waals surface area (Å²) in [5.74, 6) is 0.635. The van der Waals surface area contributed by atoms with Crippen molar-refractivity contribution in [2.45, 2.75) is 64.7 Å². The van der Waals surface area contributed by atoms with Crippen LogP contribution in [0.3, 0.4) is 0 Å². The molecule has 2 saturated heterocycles. The predicted octanol–water partition coefficient (Wildman–Crippen LogP) is 3.49. The van der Waals surface area contributed by atoms with E-state index in [0.717, 1.165) is 32.5 Å². The van der Waals surface area contributed by atoms with Gasteiger partial charge in [0, 0.05) is 38.3 Å². The Labute approximate surface area is 124 Å². The van der Waals surface area contributed by atoms with Gasteiger partial charge in [-0.1, -0.05) is 39.3 Å². The summed E-state index contributed by atoms with van der Waals surface area (Å²) in [6, 6.07) is 1.11. The van der Waals surface area contributed by atoms with Crippen LogP contribution in [0.4, 0.5) is 4.39 Å². The SMILES string of the molecule is CCCC(C/C=C/C(C)C)N1CCN2CC(F)CC2C1. The lowest BCUT2D eigenvalue weighted by Gasteiger charge is -2.41. The van der Waals surface area contributed by atoms with E-state index in [4.69, 9.17) is 0 Å². The summed E-state index contributed by atoms with van der Waals surface area (Å²) in [5.41, 5.74) is 0. The standard InChI is InChI=1S/C17H31FN2/c1-4-6-16(8-5-7-14(2)3)20-10-9-19-12-15(18)11-17(19)13-20/h5,7,14-17H,4,6,8-13H2,1-3H3/b7-5+. The summed E-state index contributed by atoms with van der Waals surface area (Å²) >= 11 is 0. The lowest BCUT2D eigenvalue weighted by atomic mass is 10.0. The van der Waals surface area contributed by atoms with E-state index in [0.29, 0.717) is 24.5 Å². The molecule has 0 aromatic carbocycles. The van der Waals surface area contributed by atoms with Gasteiger partial charge in [-0.3, -0.25) is 9.80 Å². The monoisotopic (exact) mass is 282 g/mol. The highest BCUT2D eigenvalue weighted by Gasteiger charge is 2.37. The maximum atomic E-state index is 13.5. The molecule has 0 amide bonds. The molecule has 0 aromatic rings. The predicted molar refractivity (Wildman–Crippen MR) is 83.7 cm³/mol. The van der Waals surface area contributed by atoms with Gasteiger partial charge in [-0.2, -0.15) is 0 Å². The smallest absolute Gasteiger partial charge is 0.114 e. The Hall–Kier alpha value is -0.410. The fraction of sp³-hybridized carbons (Fsp3) is 0.882. The second kappa shape index (κ2) is 7.56. The maximum absolute atomic E-state index is 13.5. The van der Waals surface area contributed by atoms with Crippen LogP contribution >= 0.6 is 0 Å². The van der Waals surface area contributed by atoms with Crippen LogP contribution in [0, 0.1) is 5.92 Å². The van der Waals surface area contributed by atoms with Crippen molar-refractivity contribution in [2.75, 3.05) is 26.2 Å². The first-order valence-electron chi connectivity index (χ1n) is 8.39. The van der Waals surface area contributed by atoms with Gasteiger partial charge >= 0.3 is 0 Å². The number of alkyl halides is 1. The molecule has 2 nitrogen and oxygen atoms in total. The van der Waals surface area contributed by atoms with E-state index in [1.807, 2.05) is 0 Å². The molecule has 2 aliphatic heterocycles. The Morgan fingerprint density at radius 3 is 2.75 bits per heavy atom. The largest absolute Gasteiger partial charge is 0.297 e. The van der Waals surface area contributed by atoms with E-state index in [2.05, 4.69) is 42.7 Å². The molecule has 0 aliphatic carbocycles. The number of nitrogens with zero attached hydrogens (tertiary/aromatic N) is 2. The number of halogens is 1. The summed E-state index contributed by atoms with van der Waals surface area (Å²) in [6.45, 7) is 10.6. The van der Waals surface area contributed by atoms with Crippen LogP contribution < -0.4 is 0 Å². The number of allylic oxidation sites excluding steroid dienone is 1. The Balaban J connectivity index is 1.89. The van der Waals surface area contributed by atoms with Crippen molar-refractivity contribution >= 4 is 0 Å². The molecule has 0 saturated carbocycles. The van der Waals surface area contributed by atoms with Crippen LogP contribution in [0.5, 0.6) is 0 Å². The highest BCUT2D eigenvalue weighted by Crippen LogP contribution is 2.26. The molecule has 2 aliphatic rings. The highest BCUT2D eigenvalue weighted by molar-refractivity contribution is 4.95. The zero-order chi connectivity index (χ0) is 14.5. The van der Waals surface area contributed by atoms with E-state index in [1.54, 1.807) is 0 Å². The van der Waals surface area contributed by atoms with E-state index in [-0.39, 0.29) is 0 Å². The van der Waals surface area contributed by atoms with Crippen molar-refractivity contribution in [3.05, 3.63) is 12.2 Å². The van der Waals surface area contributed by atoms with Crippen molar-refractivity contribution in [1.29, 1.82) is 0 Å². The third-order valence-electron chi connectivity index (χ3n) is 4.66. The lowest BCUT2D eigenvalue weighted by Crippen LogP contribution is -2.53. The Morgan fingerprint density at radius 2 is 2.05 bits per heavy atom. The molecule has 0 N–H and O–H groups in total. The molecular weight excluding hydrogens is 251 g/mol. The molecular formula is C17H31FN2. The Kier molecular flexibility index (Phi) is 6.03. The third-order valence-corrected chi connectivity index (χ3v) is 4.66. The van der Waals surface area contributed by atoms with Crippen molar-refractivity contribution < 1.29 is 4.39 Å². The van der Waals surface area contributed by atoms with Gasteiger partial charge < -0.3 is 0 Å². The molecule has 2 heterocycles. The summed E-state index contributed by atoms with van der Waals surface area (Å²) in [4.78, 5) is 4.97. The van der Waals surface area contributed by atoms with Crippen molar-refractivity contribution in [1.82, 2.24) is 9.80 Å². The lowest BCUT2D eigenvalue weighted by molar-refractivity contribution is 0.0684. The molecule has 2 fully saturated rings. The van der Waals surface area contributed by atoms with Gasteiger partial charge in [0.05, 0.1) is 0 Å². The zero-order valence-electron chi connectivity index (χ0n) is 13.4. The molecule has 20 heavy (non-hydrogen) atoms. The van der Waals surface area contributed by atoms with E-state index in [1.165, 1.54) is 12.8 Å². The summed E-state index contributed by atoms with van der Waals surface area (Å²) in [7, 11) is 0. The summed E-state index contributed by atoms with van der Waals surface area (Å²) in [5, 5.41) is 0. The van der Waals surface area contributed by atoms with Crippen LogP contribution in [-0.4, -0.2) is 54.2 Å². The normalized spacial score (nSPS) is 30.2. The number of rotatable bonds is 6. The average Bonchev–Trinajstić information content (AvgIpc) is 2.76. The number of hydrogen-bond acceptors (Lipinski definition) is 2. The second-order valence-corrected chi connectivity index (χ2v) is 6.83. The average molecular weight is 282 g/mol. The van der Waals surface area contributed by atoms with Crippen LogP contribution in [-0.2, 0) is 0 Å². The van der Waals surface area contributed by atoms with Gasteiger partial charge in [0.2, 0.25) is 0 Å². The van der Waals surface area contributed by atoms with Gasteiger partial charge in [-0.15, -0.1) is 0 Å². The first-order valence-corrected chi connectivity index (χ1v) is 8.39. The summed E-state index contributed by atoms with van der Waals surface area (Å²) < 4.78 is 13.5. The quantitative estimate of drug-likeness (QED) is 0.688. The van der Waals surface area contributed by atoms with Gasteiger partial charge in [0.15, 0.2) is 0 Å². The molecule has 3 heteroatoms. The molecule has 2 rings (SSSR count). The fourth-order valence-corrected chi connectivity index (χ4v) is 3.63. The van der Waals surface area contributed by atoms with Gasteiger partial charge in [0.25, 0.3) is 0 Å². The minimum Gasteiger partial charge on any atom is -0.297 e. The Morgan fingerprint density at radius 1 is 1.25 bits per heavy atom. The molecule has 0 spiro atoms.